The molecule has 0 radical (unpaired) electrons. The monoisotopic (exact) mass is 502 g/mol. The molecular weight excluding hydrogens is 480 g/mol. The fourth-order valence-corrected chi connectivity index (χ4v) is 4.57. The van der Waals surface area contributed by atoms with Gasteiger partial charge in [-0.25, -0.2) is 17.2 Å². The largest absolute Gasteiger partial charge is 0.365 e. The summed E-state index contributed by atoms with van der Waals surface area (Å²) in [6, 6.07) is 5.93. The third kappa shape index (κ3) is 5.65. The van der Waals surface area contributed by atoms with Crippen LogP contribution in [0, 0.1) is 17.2 Å². The first kappa shape index (κ1) is 25.4. The molecule has 0 bridgehead atoms. The number of nitriles is 1. The Hall–Kier alpha value is -3.18. The highest BCUT2D eigenvalue weighted by molar-refractivity contribution is 7.91. The van der Waals surface area contributed by atoms with Crippen molar-refractivity contribution in [2.24, 2.45) is 11.7 Å². The van der Waals surface area contributed by atoms with Crippen molar-refractivity contribution in [1.29, 1.82) is 5.26 Å². The van der Waals surface area contributed by atoms with Crippen LogP contribution in [0.5, 0.6) is 0 Å². The van der Waals surface area contributed by atoms with Gasteiger partial charge in [-0.2, -0.15) is 19.1 Å². The van der Waals surface area contributed by atoms with E-state index < -0.39 is 51.3 Å². The number of sulfone groups is 1. The Morgan fingerprint density at radius 1 is 1.24 bits per heavy atom. The Morgan fingerprint density at radius 2 is 1.91 bits per heavy atom. The van der Waals surface area contributed by atoms with E-state index in [0.717, 1.165) is 12.1 Å². The van der Waals surface area contributed by atoms with E-state index in [2.05, 4.69) is 21.8 Å². The lowest BCUT2D eigenvalue weighted by atomic mass is 9.82. The summed E-state index contributed by atoms with van der Waals surface area (Å²) in [5.74, 6) is -4.90. The first-order valence-electron chi connectivity index (χ1n) is 10.2. The Balaban J connectivity index is 1.80. The van der Waals surface area contributed by atoms with E-state index in [-0.39, 0.29) is 23.1 Å². The number of anilines is 2. The van der Waals surface area contributed by atoms with Gasteiger partial charge in [-0.1, -0.05) is 0 Å². The van der Waals surface area contributed by atoms with Gasteiger partial charge in [-0.05, 0) is 43.5 Å². The number of primary amides is 1. The van der Waals surface area contributed by atoms with Crippen molar-refractivity contribution in [3.05, 3.63) is 36.0 Å². The molecule has 1 aromatic carbocycles. The predicted molar refractivity (Wildman–Crippen MR) is 113 cm³/mol. The van der Waals surface area contributed by atoms with Crippen molar-refractivity contribution in [3.63, 3.8) is 0 Å². The molecule has 1 heterocycles. The molecule has 1 saturated carbocycles. The number of hydrogen-bond donors (Lipinski definition) is 3. The molecule has 9 nitrogen and oxygen atoms in total. The van der Waals surface area contributed by atoms with Gasteiger partial charge in [0.15, 0.2) is 5.82 Å². The highest BCUT2D eigenvalue weighted by atomic mass is 32.2. The average Bonchev–Trinajstić information content (AvgIpc) is 3.21. The van der Waals surface area contributed by atoms with Crippen LogP contribution >= 0.6 is 0 Å². The van der Waals surface area contributed by atoms with Crippen LogP contribution in [0.25, 0.3) is 0 Å². The van der Waals surface area contributed by atoms with E-state index in [0.29, 0.717) is 19.3 Å². The van der Waals surface area contributed by atoms with E-state index in [1.165, 1.54) is 23.0 Å². The summed E-state index contributed by atoms with van der Waals surface area (Å²) < 4.78 is 74.9. The molecule has 1 aliphatic carbocycles. The molecule has 2 aromatic rings. The molecule has 34 heavy (non-hydrogen) atoms. The maximum absolute atomic E-state index is 12.7. The summed E-state index contributed by atoms with van der Waals surface area (Å²) in [4.78, 5) is 11.4. The topological polar surface area (TPSA) is 143 Å². The summed E-state index contributed by atoms with van der Waals surface area (Å²) >= 11 is 0. The van der Waals surface area contributed by atoms with Crippen LogP contribution in [0.1, 0.15) is 35.7 Å². The lowest BCUT2D eigenvalue weighted by Gasteiger charge is -2.33. The summed E-state index contributed by atoms with van der Waals surface area (Å²) in [6.45, 7) is -0.466. The molecule has 4 N–H and O–H groups in total. The molecule has 1 aromatic heterocycles. The SMILES string of the molecule is N#C[C@H]1C[C@@H](NCC(F)F)CC[C@@H]1n1cc(C(N)=O)c(Nc2ccc(S(=O)(=O)C(F)F)cc2)n1. The number of nitrogens with one attached hydrogen (secondary N) is 2. The zero-order chi connectivity index (χ0) is 25.0. The molecule has 0 unspecified atom stereocenters. The molecule has 184 valence electrons. The highest BCUT2D eigenvalue weighted by Gasteiger charge is 2.33. The highest BCUT2D eigenvalue weighted by Crippen LogP contribution is 2.35. The minimum Gasteiger partial charge on any atom is -0.365 e. The predicted octanol–water partition coefficient (Wildman–Crippen LogP) is 2.81. The summed E-state index contributed by atoms with van der Waals surface area (Å²) in [5, 5.41) is 19.5. The number of aromatic nitrogens is 2. The Morgan fingerprint density at radius 3 is 2.47 bits per heavy atom. The van der Waals surface area contributed by atoms with Crippen LogP contribution in [0.2, 0.25) is 0 Å². The number of halogens is 4. The van der Waals surface area contributed by atoms with Gasteiger partial charge in [0, 0.05) is 17.9 Å². The van der Waals surface area contributed by atoms with Crippen LogP contribution in [0.4, 0.5) is 29.1 Å². The average molecular weight is 502 g/mol. The van der Waals surface area contributed by atoms with Crippen LogP contribution in [0.15, 0.2) is 35.4 Å². The lowest BCUT2D eigenvalue weighted by Crippen LogP contribution is -2.40. The van der Waals surface area contributed by atoms with E-state index in [4.69, 9.17) is 5.73 Å². The normalized spacial score (nSPS) is 20.9. The Kier molecular flexibility index (Phi) is 7.78. The summed E-state index contributed by atoms with van der Waals surface area (Å²) in [6.07, 6.45) is 0.161. The van der Waals surface area contributed by atoms with Crippen LogP contribution < -0.4 is 16.4 Å². The van der Waals surface area contributed by atoms with Gasteiger partial charge in [-0.3, -0.25) is 9.48 Å². The zero-order valence-corrected chi connectivity index (χ0v) is 18.5. The quantitative estimate of drug-likeness (QED) is 0.448. The van der Waals surface area contributed by atoms with Crippen molar-refractivity contribution < 1.29 is 30.8 Å². The fraction of sp³-hybridized carbons (Fsp3) is 0.450. The number of rotatable bonds is 9. The molecule has 14 heteroatoms. The minimum atomic E-state index is -4.75. The van der Waals surface area contributed by atoms with Gasteiger partial charge in [0.25, 0.3) is 12.3 Å². The number of carbonyl (C=O) groups excluding carboxylic acids is 1. The smallest absolute Gasteiger partial charge is 0.341 e. The molecule has 0 aliphatic heterocycles. The number of benzene rings is 1. The molecule has 0 saturated heterocycles. The third-order valence-corrected chi connectivity index (χ3v) is 6.96. The van der Waals surface area contributed by atoms with Crippen LogP contribution in [0.3, 0.4) is 0 Å². The van der Waals surface area contributed by atoms with Gasteiger partial charge in [0.1, 0.15) is 5.56 Å². The van der Waals surface area contributed by atoms with E-state index in [9.17, 15) is 36.0 Å². The zero-order valence-electron chi connectivity index (χ0n) is 17.7. The maximum atomic E-state index is 12.7. The Bertz CT molecular complexity index is 1160. The molecule has 3 rings (SSSR count). The number of amides is 1. The summed E-state index contributed by atoms with van der Waals surface area (Å²) in [7, 11) is -4.75. The van der Waals surface area contributed by atoms with Crippen molar-refractivity contribution in [1.82, 2.24) is 15.1 Å². The van der Waals surface area contributed by atoms with Crippen molar-refractivity contribution in [2.75, 3.05) is 11.9 Å². The van der Waals surface area contributed by atoms with Gasteiger partial charge >= 0.3 is 5.76 Å². The molecule has 3 atom stereocenters. The first-order chi connectivity index (χ1) is 16.0. The fourth-order valence-electron chi connectivity index (χ4n) is 3.85. The number of nitrogens with two attached hydrogens (primary N) is 1. The van der Waals surface area contributed by atoms with Crippen molar-refractivity contribution in [2.45, 2.75) is 48.4 Å². The second kappa shape index (κ2) is 10.4. The molecular formula is C20H22F4N6O3S. The molecule has 1 aliphatic rings. The number of carbonyl (C=O) groups is 1. The standard InChI is InChI=1S/C20H22F4N6O3S/c21-17(22)9-27-13-3-6-16(11(7-13)8-25)30-10-15(18(26)31)19(29-30)28-12-1-4-14(5-2-12)34(32,33)20(23)24/h1-2,4-5,10-11,13,16-17,20,27H,3,6-7,9H2,(H2,26,31)(H,28,29)/t11-,13+,16+/m1/s1. The Labute approximate surface area is 192 Å². The van der Waals surface area contributed by atoms with Gasteiger partial charge in [0.2, 0.25) is 9.84 Å². The van der Waals surface area contributed by atoms with Crippen molar-refractivity contribution in [3.8, 4) is 6.07 Å². The van der Waals surface area contributed by atoms with E-state index >= 15 is 0 Å². The van der Waals surface area contributed by atoms with Crippen LogP contribution in [-0.2, 0) is 9.84 Å². The first-order valence-corrected chi connectivity index (χ1v) is 11.8. The second-order valence-corrected chi connectivity index (χ2v) is 9.72. The second-order valence-electron chi connectivity index (χ2n) is 7.80. The van der Waals surface area contributed by atoms with Gasteiger partial charge in [0.05, 0.1) is 29.5 Å². The van der Waals surface area contributed by atoms with E-state index in [1.54, 1.807) is 0 Å². The summed E-state index contributed by atoms with van der Waals surface area (Å²) in [5.41, 5.74) is 5.70. The number of nitrogens with zero attached hydrogens (tertiary/aromatic N) is 3. The third-order valence-electron chi connectivity index (χ3n) is 5.56. The van der Waals surface area contributed by atoms with Crippen LogP contribution in [-0.4, -0.2) is 48.9 Å². The number of hydrogen-bond acceptors (Lipinski definition) is 7. The maximum Gasteiger partial charge on any atom is 0.341 e. The lowest BCUT2D eigenvalue weighted by molar-refractivity contribution is 0.100. The molecule has 1 fully saturated rings. The minimum absolute atomic E-state index is 0.00100. The number of alkyl halides is 4. The molecule has 0 spiro atoms. The van der Waals surface area contributed by atoms with Crippen molar-refractivity contribution >= 4 is 27.2 Å². The van der Waals surface area contributed by atoms with E-state index in [1.807, 2.05) is 0 Å². The van der Waals surface area contributed by atoms with Gasteiger partial charge in [-0.15, -0.1) is 0 Å². The molecule has 1 amide bonds. The van der Waals surface area contributed by atoms with Gasteiger partial charge < -0.3 is 16.4 Å².